The van der Waals surface area contributed by atoms with Crippen molar-refractivity contribution in [2.24, 2.45) is 11.7 Å². The van der Waals surface area contributed by atoms with E-state index in [1.54, 1.807) is 12.1 Å². The second-order valence-corrected chi connectivity index (χ2v) is 8.26. The summed E-state index contributed by atoms with van der Waals surface area (Å²) in [5.74, 6) is -1.44. The number of carboxylic acids is 1. The zero-order chi connectivity index (χ0) is 21.7. The number of hydrogen-bond acceptors (Lipinski definition) is 7. The normalized spacial score (nSPS) is 24.5. The molecule has 1 amide bonds. The van der Waals surface area contributed by atoms with E-state index in [0.717, 1.165) is 25.7 Å². The molecule has 7 N–H and O–H groups in total. The van der Waals surface area contributed by atoms with Crippen molar-refractivity contribution < 1.29 is 29.5 Å². The summed E-state index contributed by atoms with van der Waals surface area (Å²) < 4.78 is 5.42. The minimum Gasteiger partial charge on any atom is -0.534 e. The molecule has 1 aliphatic heterocycles. The molecular weight excluding hydrogens is 389 g/mol. The lowest BCUT2D eigenvalue weighted by atomic mass is 9.72. The van der Waals surface area contributed by atoms with Gasteiger partial charge >= 0.3 is 13.1 Å². The third-order valence-electron chi connectivity index (χ3n) is 5.92. The Morgan fingerprint density at radius 3 is 2.67 bits per heavy atom. The lowest BCUT2D eigenvalue weighted by Crippen LogP contribution is -2.53. The summed E-state index contributed by atoms with van der Waals surface area (Å²) in [5.41, 5.74) is 6.36. The van der Waals surface area contributed by atoms with E-state index in [0.29, 0.717) is 31.0 Å². The predicted molar refractivity (Wildman–Crippen MR) is 111 cm³/mol. The summed E-state index contributed by atoms with van der Waals surface area (Å²) in [4.78, 5) is 23.8. The van der Waals surface area contributed by atoms with E-state index in [4.69, 9.17) is 15.5 Å². The number of nitrogens with two attached hydrogens (primary N) is 1. The number of para-hydroxylation sites is 1. The van der Waals surface area contributed by atoms with E-state index in [2.05, 4.69) is 10.6 Å². The number of amides is 1. The van der Waals surface area contributed by atoms with Crippen molar-refractivity contribution >= 4 is 19.0 Å². The van der Waals surface area contributed by atoms with E-state index >= 15 is 0 Å². The number of aliphatic hydroxyl groups is 1. The lowest BCUT2D eigenvalue weighted by Gasteiger charge is -2.31. The monoisotopic (exact) mass is 419 g/mol. The van der Waals surface area contributed by atoms with Crippen molar-refractivity contribution in [2.45, 2.75) is 56.5 Å². The highest BCUT2D eigenvalue weighted by molar-refractivity contribution is 6.47. The van der Waals surface area contributed by atoms with Crippen LogP contribution in [-0.2, 0) is 11.2 Å². The number of nitrogens with one attached hydrogen (secondary N) is 2. The summed E-state index contributed by atoms with van der Waals surface area (Å²) in [7, 11) is -1.29. The Balaban J connectivity index is 1.47. The fraction of sp³-hybridized carbons (Fsp3) is 0.600. The van der Waals surface area contributed by atoms with E-state index < -0.39 is 19.0 Å². The molecule has 1 aromatic carbocycles. The van der Waals surface area contributed by atoms with Crippen LogP contribution < -0.4 is 21.0 Å². The molecule has 2 aliphatic rings. The van der Waals surface area contributed by atoms with Gasteiger partial charge in [-0.05, 0) is 49.7 Å². The van der Waals surface area contributed by atoms with Gasteiger partial charge in [0.15, 0.2) is 0 Å². The van der Waals surface area contributed by atoms with Crippen molar-refractivity contribution in [3.8, 4) is 5.75 Å². The minimum atomic E-state index is -1.29. The maximum absolute atomic E-state index is 12.5. The molecule has 1 fully saturated rings. The highest BCUT2D eigenvalue weighted by atomic mass is 16.5. The first-order chi connectivity index (χ1) is 14.4. The fourth-order valence-corrected chi connectivity index (χ4v) is 4.20. The molecule has 164 valence electrons. The summed E-state index contributed by atoms with van der Waals surface area (Å²) in [5, 5.41) is 34.7. The van der Waals surface area contributed by atoms with Crippen molar-refractivity contribution in [3.63, 3.8) is 0 Å². The van der Waals surface area contributed by atoms with E-state index in [9.17, 15) is 19.7 Å². The van der Waals surface area contributed by atoms with Gasteiger partial charge in [-0.2, -0.15) is 0 Å². The lowest BCUT2D eigenvalue weighted by molar-refractivity contribution is -0.122. The van der Waals surface area contributed by atoms with Crippen molar-refractivity contribution in [2.75, 3.05) is 13.2 Å². The molecule has 2 atom stereocenters. The predicted octanol–water partition coefficient (Wildman–Crippen LogP) is -0.318. The van der Waals surface area contributed by atoms with Gasteiger partial charge in [-0.1, -0.05) is 12.1 Å². The van der Waals surface area contributed by atoms with Crippen LogP contribution >= 0.6 is 0 Å². The first-order valence-electron chi connectivity index (χ1n) is 10.5. The highest BCUT2D eigenvalue weighted by Crippen LogP contribution is 2.31. The Hall–Kier alpha value is -2.14. The standard InChI is InChI=1S/C20H30BN3O6/c22-14(11-25)10-23-15-6-4-12(5-7-15)8-18(26)24-17-9-13-2-1-3-16(20(27)28)19(13)30-21(17)29/h1-3,12,14-15,17,23,25,29H,4-11,22H2,(H,24,26)(H,27,28)/t12?,14?,15?,17-/m0/s1. The fourth-order valence-electron chi connectivity index (χ4n) is 4.20. The van der Waals surface area contributed by atoms with Crippen LogP contribution in [0.15, 0.2) is 18.2 Å². The first kappa shape index (κ1) is 22.5. The van der Waals surface area contributed by atoms with Crippen LogP contribution in [0.3, 0.4) is 0 Å². The van der Waals surface area contributed by atoms with Crippen LogP contribution in [0.4, 0.5) is 0 Å². The Morgan fingerprint density at radius 1 is 1.27 bits per heavy atom. The van der Waals surface area contributed by atoms with Crippen LogP contribution in [0, 0.1) is 5.92 Å². The molecule has 1 aliphatic carbocycles. The SMILES string of the molecule is NC(CO)CNC1CCC(CC(=O)N[C@H]2Cc3cccc(C(=O)O)c3OB2O)CC1. The second kappa shape index (κ2) is 10.3. The third-order valence-corrected chi connectivity index (χ3v) is 5.92. The average Bonchev–Trinajstić information content (AvgIpc) is 2.73. The molecule has 30 heavy (non-hydrogen) atoms. The van der Waals surface area contributed by atoms with Gasteiger partial charge in [0.05, 0.1) is 18.1 Å². The Morgan fingerprint density at radius 2 is 2.00 bits per heavy atom. The average molecular weight is 419 g/mol. The Bertz CT molecular complexity index is 756. The summed E-state index contributed by atoms with van der Waals surface area (Å²) in [6.07, 6.45) is 4.45. The number of carbonyl (C=O) groups is 2. The maximum Gasteiger partial charge on any atom is 0.547 e. The number of benzene rings is 1. The number of carboxylic acid groups (broad SMARTS) is 1. The van der Waals surface area contributed by atoms with Crippen LogP contribution in [0.5, 0.6) is 5.75 Å². The molecule has 0 aromatic heterocycles. The van der Waals surface area contributed by atoms with E-state index in [1.165, 1.54) is 6.07 Å². The van der Waals surface area contributed by atoms with Crippen LogP contribution in [0.2, 0.25) is 0 Å². The number of fused-ring (bicyclic) bond motifs is 1. The van der Waals surface area contributed by atoms with E-state index in [-0.39, 0.29) is 35.8 Å². The summed E-state index contributed by atoms with van der Waals surface area (Å²) in [6, 6.07) is 4.89. The van der Waals surface area contributed by atoms with Crippen LogP contribution in [-0.4, -0.2) is 65.4 Å². The molecule has 0 spiro atoms. The van der Waals surface area contributed by atoms with Gasteiger partial charge in [0.1, 0.15) is 5.75 Å². The molecule has 0 saturated heterocycles. The number of rotatable bonds is 8. The Labute approximate surface area is 176 Å². The Kier molecular flexibility index (Phi) is 7.71. The minimum absolute atomic E-state index is 0.00152. The van der Waals surface area contributed by atoms with Gasteiger partial charge in [0, 0.05) is 25.0 Å². The van der Waals surface area contributed by atoms with Crippen molar-refractivity contribution in [1.29, 1.82) is 0 Å². The van der Waals surface area contributed by atoms with Crippen molar-refractivity contribution in [1.82, 2.24) is 10.6 Å². The van der Waals surface area contributed by atoms with Gasteiger partial charge < -0.3 is 36.3 Å². The molecule has 1 saturated carbocycles. The molecular formula is C20H30BN3O6. The van der Waals surface area contributed by atoms with Crippen LogP contribution in [0.25, 0.3) is 0 Å². The van der Waals surface area contributed by atoms with Gasteiger partial charge in [0.2, 0.25) is 5.91 Å². The molecule has 1 aromatic rings. The number of carbonyl (C=O) groups excluding carboxylic acids is 1. The number of aliphatic hydroxyl groups excluding tert-OH is 1. The molecule has 1 unspecified atom stereocenters. The van der Waals surface area contributed by atoms with E-state index in [1.807, 2.05) is 0 Å². The summed E-state index contributed by atoms with van der Waals surface area (Å²) >= 11 is 0. The zero-order valence-corrected chi connectivity index (χ0v) is 16.9. The molecule has 3 rings (SSSR count). The van der Waals surface area contributed by atoms with Gasteiger partial charge in [-0.25, -0.2) is 4.79 Å². The van der Waals surface area contributed by atoms with Crippen LogP contribution in [0.1, 0.15) is 48.0 Å². The number of hydrogen-bond donors (Lipinski definition) is 6. The number of aromatic carboxylic acids is 1. The molecule has 9 nitrogen and oxygen atoms in total. The smallest absolute Gasteiger partial charge is 0.534 e. The zero-order valence-electron chi connectivity index (χ0n) is 16.9. The largest absolute Gasteiger partial charge is 0.547 e. The van der Waals surface area contributed by atoms with Gasteiger partial charge in [-0.3, -0.25) is 4.79 Å². The van der Waals surface area contributed by atoms with Gasteiger partial charge in [-0.15, -0.1) is 0 Å². The maximum atomic E-state index is 12.5. The second-order valence-electron chi connectivity index (χ2n) is 8.26. The molecule has 10 heteroatoms. The molecule has 0 radical (unpaired) electrons. The van der Waals surface area contributed by atoms with Crippen molar-refractivity contribution in [3.05, 3.63) is 29.3 Å². The molecule has 1 heterocycles. The quantitative estimate of drug-likeness (QED) is 0.314. The van der Waals surface area contributed by atoms with Gasteiger partial charge in [0.25, 0.3) is 0 Å². The third kappa shape index (κ3) is 5.72. The topological polar surface area (TPSA) is 154 Å². The highest BCUT2D eigenvalue weighted by Gasteiger charge is 2.38. The molecule has 0 bridgehead atoms. The summed E-state index contributed by atoms with van der Waals surface area (Å²) in [6.45, 7) is 0.540. The first-order valence-corrected chi connectivity index (χ1v) is 10.5.